The second kappa shape index (κ2) is 7.39. The van der Waals surface area contributed by atoms with Gasteiger partial charge in [0.25, 0.3) is 0 Å². The molecule has 1 atom stereocenters. The SMILES string of the molecule is CCC(COC)Nc1ccc(N2CCCCC2)cc1. The Hall–Kier alpha value is -1.22. The predicted octanol–water partition coefficient (Wildman–Crippen LogP) is 3.51. The Labute approximate surface area is 116 Å². The van der Waals surface area contributed by atoms with E-state index in [1.165, 1.54) is 43.7 Å². The van der Waals surface area contributed by atoms with Crippen LogP contribution >= 0.6 is 0 Å². The molecule has 0 radical (unpaired) electrons. The lowest BCUT2D eigenvalue weighted by atomic mass is 10.1. The lowest BCUT2D eigenvalue weighted by molar-refractivity contribution is 0.184. The fraction of sp³-hybridized carbons (Fsp3) is 0.625. The molecule has 1 fully saturated rings. The van der Waals surface area contributed by atoms with E-state index in [9.17, 15) is 0 Å². The highest BCUT2D eigenvalue weighted by Crippen LogP contribution is 2.22. The summed E-state index contributed by atoms with van der Waals surface area (Å²) in [4.78, 5) is 2.49. The van der Waals surface area contributed by atoms with Gasteiger partial charge in [-0.2, -0.15) is 0 Å². The molecule has 1 saturated heterocycles. The van der Waals surface area contributed by atoms with Crippen LogP contribution in [0.1, 0.15) is 32.6 Å². The van der Waals surface area contributed by atoms with Gasteiger partial charge in [0.15, 0.2) is 0 Å². The second-order valence-corrected chi connectivity index (χ2v) is 5.30. The summed E-state index contributed by atoms with van der Waals surface area (Å²) in [7, 11) is 1.75. The van der Waals surface area contributed by atoms with Crippen molar-refractivity contribution in [2.45, 2.75) is 38.6 Å². The second-order valence-electron chi connectivity index (χ2n) is 5.30. The van der Waals surface area contributed by atoms with Crippen LogP contribution < -0.4 is 10.2 Å². The van der Waals surface area contributed by atoms with Gasteiger partial charge in [-0.15, -0.1) is 0 Å². The highest BCUT2D eigenvalue weighted by molar-refractivity contribution is 5.55. The van der Waals surface area contributed by atoms with Crippen molar-refractivity contribution in [2.75, 3.05) is 37.0 Å². The van der Waals surface area contributed by atoms with E-state index >= 15 is 0 Å². The molecule has 1 N–H and O–H groups in total. The topological polar surface area (TPSA) is 24.5 Å². The number of ether oxygens (including phenoxy) is 1. The molecule has 0 aromatic heterocycles. The van der Waals surface area contributed by atoms with Gasteiger partial charge in [-0.1, -0.05) is 6.92 Å². The Morgan fingerprint density at radius 3 is 2.42 bits per heavy atom. The average molecular weight is 262 g/mol. The number of hydrogen-bond donors (Lipinski definition) is 1. The quantitative estimate of drug-likeness (QED) is 0.849. The van der Waals surface area contributed by atoms with E-state index in [4.69, 9.17) is 4.74 Å². The van der Waals surface area contributed by atoms with Crippen molar-refractivity contribution >= 4 is 11.4 Å². The van der Waals surface area contributed by atoms with Gasteiger partial charge >= 0.3 is 0 Å². The molecule has 3 heteroatoms. The lowest BCUT2D eigenvalue weighted by Crippen LogP contribution is -2.29. The maximum atomic E-state index is 5.22. The van der Waals surface area contributed by atoms with Crippen molar-refractivity contribution in [3.05, 3.63) is 24.3 Å². The van der Waals surface area contributed by atoms with Crippen LogP contribution in [0.4, 0.5) is 11.4 Å². The third kappa shape index (κ3) is 4.13. The summed E-state index contributed by atoms with van der Waals surface area (Å²) >= 11 is 0. The Morgan fingerprint density at radius 2 is 1.84 bits per heavy atom. The van der Waals surface area contributed by atoms with Crippen LogP contribution in [-0.2, 0) is 4.74 Å². The Bertz CT molecular complexity index is 358. The summed E-state index contributed by atoms with van der Waals surface area (Å²) in [6.45, 7) is 5.34. The number of nitrogens with zero attached hydrogens (tertiary/aromatic N) is 1. The van der Waals surface area contributed by atoms with Gasteiger partial charge in [-0.05, 0) is 49.9 Å². The van der Waals surface area contributed by atoms with Gasteiger partial charge in [0.05, 0.1) is 6.61 Å². The number of benzene rings is 1. The Kier molecular flexibility index (Phi) is 5.52. The fourth-order valence-electron chi connectivity index (χ4n) is 2.62. The number of anilines is 2. The van der Waals surface area contributed by atoms with Crippen molar-refractivity contribution < 1.29 is 4.74 Å². The van der Waals surface area contributed by atoms with E-state index in [-0.39, 0.29) is 0 Å². The molecule has 1 aromatic carbocycles. The maximum absolute atomic E-state index is 5.22. The summed E-state index contributed by atoms with van der Waals surface area (Å²) < 4.78 is 5.22. The molecule has 1 aliphatic heterocycles. The minimum Gasteiger partial charge on any atom is -0.383 e. The van der Waals surface area contributed by atoms with Crippen LogP contribution in [0.2, 0.25) is 0 Å². The molecule has 1 aliphatic rings. The Morgan fingerprint density at radius 1 is 1.16 bits per heavy atom. The first kappa shape index (κ1) is 14.2. The maximum Gasteiger partial charge on any atom is 0.0663 e. The van der Waals surface area contributed by atoms with Crippen molar-refractivity contribution in [1.82, 2.24) is 0 Å². The van der Waals surface area contributed by atoms with Crippen molar-refractivity contribution in [3.63, 3.8) is 0 Å². The van der Waals surface area contributed by atoms with E-state index < -0.39 is 0 Å². The predicted molar refractivity (Wildman–Crippen MR) is 82.1 cm³/mol. The van der Waals surface area contributed by atoms with Crippen molar-refractivity contribution in [1.29, 1.82) is 0 Å². The number of hydrogen-bond acceptors (Lipinski definition) is 3. The molecule has 1 aromatic rings. The largest absolute Gasteiger partial charge is 0.383 e. The lowest BCUT2D eigenvalue weighted by Gasteiger charge is -2.29. The zero-order chi connectivity index (χ0) is 13.5. The molecule has 0 aliphatic carbocycles. The smallest absolute Gasteiger partial charge is 0.0663 e. The van der Waals surface area contributed by atoms with Crippen molar-refractivity contribution in [2.24, 2.45) is 0 Å². The standard InChI is InChI=1S/C16H26N2O/c1-3-14(13-19-2)17-15-7-9-16(10-8-15)18-11-5-4-6-12-18/h7-10,14,17H,3-6,11-13H2,1-2H3. The molecule has 2 rings (SSSR count). The fourth-order valence-corrected chi connectivity index (χ4v) is 2.62. The van der Waals surface area contributed by atoms with E-state index in [0.717, 1.165) is 13.0 Å². The summed E-state index contributed by atoms with van der Waals surface area (Å²) in [5, 5.41) is 3.52. The molecular formula is C16H26N2O. The van der Waals surface area contributed by atoms with E-state index in [2.05, 4.69) is 41.4 Å². The molecule has 3 nitrogen and oxygen atoms in total. The summed E-state index contributed by atoms with van der Waals surface area (Å²) in [5.41, 5.74) is 2.54. The van der Waals surface area contributed by atoms with Crippen LogP contribution in [0.25, 0.3) is 0 Å². The number of nitrogens with one attached hydrogen (secondary N) is 1. The first-order valence-corrected chi connectivity index (χ1v) is 7.44. The molecule has 19 heavy (non-hydrogen) atoms. The molecule has 1 heterocycles. The summed E-state index contributed by atoms with van der Waals surface area (Å²) in [5.74, 6) is 0. The van der Waals surface area contributed by atoms with Gasteiger partial charge in [0, 0.05) is 37.6 Å². The summed E-state index contributed by atoms with van der Waals surface area (Å²) in [6.07, 6.45) is 5.10. The van der Waals surface area contributed by atoms with E-state index in [1.54, 1.807) is 7.11 Å². The molecule has 106 valence electrons. The number of piperidine rings is 1. The minimum absolute atomic E-state index is 0.394. The highest BCUT2D eigenvalue weighted by Gasteiger charge is 2.11. The van der Waals surface area contributed by atoms with Crippen LogP contribution in [-0.4, -0.2) is 32.8 Å². The van der Waals surface area contributed by atoms with Crippen LogP contribution in [0.5, 0.6) is 0 Å². The zero-order valence-corrected chi connectivity index (χ0v) is 12.2. The van der Waals surface area contributed by atoms with Gasteiger partial charge < -0.3 is 15.0 Å². The number of rotatable bonds is 6. The van der Waals surface area contributed by atoms with Crippen LogP contribution in [0.3, 0.4) is 0 Å². The first-order valence-electron chi connectivity index (χ1n) is 7.44. The Balaban J connectivity index is 1.93. The van der Waals surface area contributed by atoms with Gasteiger partial charge in [0.2, 0.25) is 0 Å². The molecule has 0 bridgehead atoms. The minimum atomic E-state index is 0.394. The van der Waals surface area contributed by atoms with Gasteiger partial charge in [-0.3, -0.25) is 0 Å². The monoisotopic (exact) mass is 262 g/mol. The average Bonchev–Trinajstić information content (AvgIpc) is 2.48. The molecule has 0 saturated carbocycles. The van der Waals surface area contributed by atoms with Gasteiger partial charge in [-0.25, -0.2) is 0 Å². The molecule has 1 unspecified atom stereocenters. The number of methoxy groups -OCH3 is 1. The third-order valence-corrected chi connectivity index (χ3v) is 3.82. The molecule has 0 amide bonds. The van der Waals surface area contributed by atoms with E-state index in [0.29, 0.717) is 6.04 Å². The zero-order valence-electron chi connectivity index (χ0n) is 12.2. The third-order valence-electron chi connectivity index (χ3n) is 3.82. The van der Waals surface area contributed by atoms with Crippen LogP contribution in [0, 0.1) is 0 Å². The van der Waals surface area contributed by atoms with Crippen molar-refractivity contribution in [3.8, 4) is 0 Å². The summed E-state index contributed by atoms with van der Waals surface area (Å²) in [6, 6.07) is 9.22. The normalized spacial score (nSPS) is 17.3. The molecular weight excluding hydrogens is 236 g/mol. The van der Waals surface area contributed by atoms with E-state index in [1.807, 2.05) is 0 Å². The van der Waals surface area contributed by atoms with Gasteiger partial charge in [0.1, 0.15) is 0 Å². The highest BCUT2D eigenvalue weighted by atomic mass is 16.5. The molecule has 0 spiro atoms. The first-order chi connectivity index (χ1) is 9.33. The van der Waals surface area contributed by atoms with Crippen LogP contribution in [0.15, 0.2) is 24.3 Å².